The van der Waals surface area contributed by atoms with Crippen molar-refractivity contribution in [3.8, 4) is 55.9 Å². The van der Waals surface area contributed by atoms with Crippen LogP contribution in [0.15, 0.2) is 218 Å². The fourth-order valence-corrected chi connectivity index (χ4v) is 8.79. The molecule has 0 aliphatic rings. The monoisotopic (exact) mass is 712 g/mol. The third-order valence-electron chi connectivity index (χ3n) is 11.3. The van der Waals surface area contributed by atoms with Crippen molar-refractivity contribution in [2.45, 2.75) is 0 Å². The average Bonchev–Trinajstić information content (AvgIpc) is 3.79. The third-order valence-corrected chi connectivity index (χ3v) is 11.3. The predicted molar refractivity (Wildman–Crippen MR) is 237 cm³/mol. The van der Waals surface area contributed by atoms with Crippen molar-refractivity contribution < 1.29 is 0 Å². The van der Waals surface area contributed by atoms with Crippen LogP contribution in [-0.2, 0) is 0 Å². The highest BCUT2D eigenvalue weighted by Gasteiger charge is 2.20. The van der Waals surface area contributed by atoms with E-state index in [0.717, 1.165) is 11.4 Å². The fourth-order valence-electron chi connectivity index (χ4n) is 8.79. The Morgan fingerprint density at radius 2 is 0.607 bits per heavy atom. The SMILES string of the molecule is c1ccc(-c2ccc(-c3ccccc3)c(-c3cc(-n4c5ccccc5c5cc(-n6c7ccccc7c7ccccc76)ccc54)ccc3-c3ccccc3)c2)cc1. The summed E-state index contributed by atoms with van der Waals surface area (Å²) in [6, 6.07) is 79.5. The molecule has 0 radical (unpaired) electrons. The average molecular weight is 713 g/mol. The minimum atomic E-state index is 1.12. The molecule has 9 aromatic carbocycles. The maximum atomic E-state index is 2.45. The number of nitrogens with zero attached hydrogens (tertiary/aromatic N) is 2. The van der Waals surface area contributed by atoms with Gasteiger partial charge in [0, 0.05) is 32.9 Å². The van der Waals surface area contributed by atoms with E-state index in [0.29, 0.717) is 0 Å². The molecule has 0 atom stereocenters. The number of hydrogen-bond donors (Lipinski definition) is 0. The minimum Gasteiger partial charge on any atom is -0.309 e. The Balaban J connectivity index is 1.17. The van der Waals surface area contributed by atoms with Gasteiger partial charge in [0.05, 0.1) is 22.1 Å². The highest BCUT2D eigenvalue weighted by Crippen LogP contribution is 2.43. The fraction of sp³-hybridized carbons (Fsp3) is 0. The van der Waals surface area contributed by atoms with Gasteiger partial charge in [0.2, 0.25) is 0 Å². The van der Waals surface area contributed by atoms with Gasteiger partial charge in [0.1, 0.15) is 0 Å². The van der Waals surface area contributed by atoms with Gasteiger partial charge in [-0.1, -0.05) is 164 Å². The van der Waals surface area contributed by atoms with Gasteiger partial charge < -0.3 is 9.13 Å². The second-order valence-electron chi connectivity index (χ2n) is 14.5. The summed E-state index contributed by atoms with van der Waals surface area (Å²) in [6.07, 6.45) is 0. The maximum absolute atomic E-state index is 2.45. The van der Waals surface area contributed by atoms with E-state index in [1.807, 2.05) is 0 Å². The molecule has 0 N–H and O–H groups in total. The Morgan fingerprint density at radius 1 is 0.214 bits per heavy atom. The highest BCUT2D eigenvalue weighted by atomic mass is 15.0. The summed E-state index contributed by atoms with van der Waals surface area (Å²) >= 11 is 0. The standard InChI is InChI=1S/C54H36N2/c1-4-16-37(17-5-1)40-28-31-43(38-18-6-2-7-19-38)48(34-40)49-35-41(29-32-44(49)39-20-8-3-9-21-39)56-53-27-15-12-24-47(53)50-36-42(30-33-54(50)56)55-51-25-13-10-22-45(51)46-23-11-14-26-52(46)55/h1-36H. The molecular formula is C54H36N2. The first-order valence-electron chi connectivity index (χ1n) is 19.3. The van der Waals surface area contributed by atoms with Crippen LogP contribution in [-0.4, -0.2) is 9.13 Å². The number of para-hydroxylation sites is 3. The zero-order valence-electron chi connectivity index (χ0n) is 30.7. The summed E-state index contributed by atoms with van der Waals surface area (Å²) in [7, 11) is 0. The van der Waals surface area contributed by atoms with Gasteiger partial charge >= 0.3 is 0 Å². The van der Waals surface area contributed by atoms with Gasteiger partial charge in [-0.25, -0.2) is 0 Å². The number of rotatable bonds is 6. The van der Waals surface area contributed by atoms with Crippen molar-refractivity contribution >= 4 is 43.6 Å². The topological polar surface area (TPSA) is 9.86 Å². The quantitative estimate of drug-likeness (QED) is 0.162. The van der Waals surface area contributed by atoms with Crippen LogP contribution in [0, 0.1) is 0 Å². The molecule has 2 aromatic heterocycles. The molecule has 0 amide bonds. The van der Waals surface area contributed by atoms with Crippen LogP contribution >= 0.6 is 0 Å². The Kier molecular flexibility index (Phi) is 7.53. The molecule has 2 heteroatoms. The number of fused-ring (bicyclic) bond motifs is 6. The van der Waals surface area contributed by atoms with Gasteiger partial charge in [0.25, 0.3) is 0 Å². The van der Waals surface area contributed by atoms with Crippen LogP contribution in [0.2, 0.25) is 0 Å². The summed E-state index contributed by atoms with van der Waals surface area (Å²) in [5, 5.41) is 4.99. The van der Waals surface area contributed by atoms with E-state index in [1.165, 1.54) is 88.1 Å². The smallest absolute Gasteiger partial charge is 0.0542 e. The summed E-state index contributed by atoms with van der Waals surface area (Å²) in [5.74, 6) is 0. The molecule has 11 rings (SSSR count). The van der Waals surface area contributed by atoms with Crippen molar-refractivity contribution in [2.24, 2.45) is 0 Å². The van der Waals surface area contributed by atoms with Gasteiger partial charge in [0.15, 0.2) is 0 Å². The highest BCUT2D eigenvalue weighted by molar-refractivity contribution is 6.12. The summed E-state index contributed by atoms with van der Waals surface area (Å²) < 4.78 is 4.86. The molecule has 262 valence electrons. The van der Waals surface area contributed by atoms with Crippen LogP contribution in [0.3, 0.4) is 0 Å². The Bertz CT molecular complexity index is 3170. The lowest BCUT2D eigenvalue weighted by molar-refractivity contribution is 1.17. The van der Waals surface area contributed by atoms with E-state index in [4.69, 9.17) is 0 Å². The molecule has 0 bridgehead atoms. The minimum absolute atomic E-state index is 1.12. The maximum Gasteiger partial charge on any atom is 0.0542 e. The lowest BCUT2D eigenvalue weighted by Crippen LogP contribution is -1.98. The van der Waals surface area contributed by atoms with Gasteiger partial charge in [-0.3, -0.25) is 0 Å². The van der Waals surface area contributed by atoms with Crippen molar-refractivity contribution in [3.05, 3.63) is 218 Å². The molecule has 2 nitrogen and oxygen atoms in total. The molecule has 11 aromatic rings. The van der Waals surface area contributed by atoms with E-state index >= 15 is 0 Å². The van der Waals surface area contributed by atoms with E-state index in [-0.39, 0.29) is 0 Å². The lowest BCUT2D eigenvalue weighted by Gasteiger charge is -2.19. The second kappa shape index (κ2) is 13.2. The van der Waals surface area contributed by atoms with Crippen LogP contribution in [0.4, 0.5) is 0 Å². The van der Waals surface area contributed by atoms with E-state index in [2.05, 4.69) is 228 Å². The summed E-state index contributed by atoms with van der Waals surface area (Å²) in [4.78, 5) is 0. The molecule has 0 saturated heterocycles. The largest absolute Gasteiger partial charge is 0.309 e. The normalized spacial score (nSPS) is 11.6. The Morgan fingerprint density at radius 3 is 1.16 bits per heavy atom. The summed E-state index contributed by atoms with van der Waals surface area (Å²) in [5.41, 5.74) is 16.6. The molecule has 0 aliphatic carbocycles. The molecule has 0 aliphatic heterocycles. The zero-order chi connectivity index (χ0) is 37.0. The lowest BCUT2D eigenvalue weighted by atomic mass is 9.87. The summed E-state index contributed by atoms with van der Waals surface area (Å²) in [6.45, 7) is 0. The Labute approximate surface area is 325 Å². The molecular weight excluding hydrogens is 677 g/mol. The van der Waals surface area contributed by atoms with Crippen LogP contribution < -0.4 is 0 Å². The van der Waals surface area contributed by atoms with Crippen LogP contribution in [0.1, 0.15) is 0 Å². The van der Waals surface area contributed by atoms with Gasteiger partial charge in [-0.15, -0.1) is 0 Å². The van der Waals surface area contributed by atoms with Crippen LogP contribution in [0.25, 0.3) is 99.5 Å². The first-order valence-corrected chi connectivity index (χ1v) is 19.3. The van der Waals surface area contributed by atoms with Crippen LogP contribution in [0.5, 0.6) is 0 Å². The predicted octanol–water partition coefficient (Wildman–Crippen LogP) is 14.5. The second-order valence-corrected chi connectivity index (χ2v) is 14.5. The molecule has 2 heterocycles. The number of hydrogen-bond acceptors (Lipinski definition) is 0. The molecule has 0 fully saturated rings. The van der Waals surface area contributed by atoms with Crippen molar-refractivity contribution in [2.75, 3.05) is 0 Å². The Hall–Kier alpha value is -7.42. The first-order chi connectivity index (χ1) is 27.8. The van der Waals surface area contributed by atoms with Gasteiger partial charge in [-0.05, 0) is 99.1 Å². The van der Waals surface area contributed by atoms with Gasteiger partial charge in [-0.2, -0.15) is 0 Å². The zero-order valence-corrected chi connectivity index (χ0v) is 30.7. The van der Waals surface area contributed by atoms with E-state index in [1.54, 1.807) is 0 Å². The van der Waals surface area contributed by atoms with E-state index in [9.17, 15) is 0 Å². The van der Waals surface area contributed by atoms with Crippen molar-refractivity contribution in [1.82, 2.24) is 9.13 Å². The first kappa shape index (κ1) is 32.0. The molecule has 56 heavy (non-hydrogen) atoms. The van der Waals surface area contributed by atoms with Crippen molar-refractivity contribution in [3.63, 3.8) is 0 Å². The number of aromatic nitrogens is 2. The van der Waals surface area contributed by atoms with E-state index < -0.39 is 0 Å². The molecule has 0 spiro atoms. The third kappa shape index (κ3) is 5.19. The molecule has 0 saturated carbocycles. The molecule has 0 unspecified atom stereocenters. The van der Waals surface area contributed by atoms with Crippen molar-refractivity contribution in [1.29, 1.82) is 0 Å². The number of benzene rings is 9.